The third-order valence-electron chi connectivity index (χ3n) is 7.04. The van der Waals surface area contributed by atoms with E-state index in [9.17, 15) is 22.8 Å². The van der Waals surface area contributed by atoms with Gasteiger partial charge in [-0.15, -0.1) is 0 Å². The summed E-state index contributed by atoms with van der Waals surface area (Å²) in [7, 11) is 3.18. The first kappa shape index (κ1) is 37.8. The number of aromatic amines is 1. The number of H-pyrrole nitrogens is 1. The molecule has 0 aliphatic carbocycles. The van der Waals surface area contributed by atoms with Crippen molar-refractivity contribution >= 4 is 45.7 Å². The Kier molecular flexibility index (Phi) is 11.9. The first-order chi connectivity index (χ1) is 23.4. The van der Waals surface area contributed by atoms with Gasteiger partial charge in [0.25, 0.3) is 0 Å². The Labute approximate surface area is 290 Å². The summed E-state index contributed by atoms with van der Waals surface area (Å²) >= 11 is 6.69. The Hall–Kier alpha value is -4.98. The smallest absolute Gasteiger partial charge is 0.410 e. The zero-order valence-electron chi connectivity index (χ0n) is 27.9. The number of hydrogen-bond donors (Lipinski definition) is 1. The highest BCUT2D eigenvalue weighted by molar-refractivity contribution is 6.38. The van der Waals surface area contributed by atoms with Crippen LogP contribution in [0.3, 0.4) is 0 Å². The first-order valence-electron chi connectivity index (χ1n) is 15.3. The molecule has 9 nitrogen and oxygen atoms in total. The minimum absolute atomic E-state index is 0.00740. The topological polar surface area (TPSA) is 101 Å². The van der Waals surface area contributed by atoms with Gasteiger partial charge in [0.1, 0.15) is 12.2 Å². The summed E-state index contributed by atoms with van der Waals surface area (Å²) in [5, 5.41) is 0.515. The van der Waals surface area contributed by atoms with Crippen LogP contribution in [0.4, 0.5) is 26.7 Å². The van der Waals surface area contributed by atoms with Crippen molar-refractivity contribution in [1.29, 1.82) is 0 Å². The minimum Gasteiger partial charge on any atom is -0.476 e. The lowest BCUT2D eigenvalue weighted by Gasteiger charge is -2.26. The molecule has 4 rings (SSSR count). The molecule has 2 amide bonds. The highest BCUT2D eigenvalue weighted by Gasteiger charge is 2.35. The number of para-hydroxylation sites is 1. The summed E-state index contributed by atoms with van der Waals surface area (Å²) < 4.78 is 83.7. The highest BCUT2D eigenvalue weighted by atomic mass is 35.5. The van der Waals surface area contributed by atoms with Crippen molar-refractivity contribution in [3.05, 3.63) is 101 Å². The number of rotatable bonds is 11. The van der Waals surface area contributed by atoms with E-state index in [1.54, 1.807) is 59.1 Å². The van der Waals surface area contributed by atoms with Crippen LogP contribution >= 0.6 is 11.6 Å². The third kappa shape index (κ3) is 9.80. The molecular formula is C35H35ClF5N5O4. The van der Waals surface area contributed by atoms with Gasteiger partial charge in [-0.25, -0.2) is 18.6 Å². The molecule has 1 aromatic carbocycles. The maximum absolute atomic E-state index is 15.1. The van der Waals surface area contributed by atoms with Crippen LogP contribution in [-0.2, 0) is 9.53 Å². The van der Waals surface area contributed by atoms with Gasteiger partial charge in [0.15, 0.2) is 11.6 Å². The Morgan fingerprint density at radius 1 is 1.00 bits per heavy atom. The second-order valence-electron chi connectivity index (χ2n) is 12.3. The maximum Gasteiger partial charge on any atom is 0.410 e. The molecule has 0 bridgehead atoms. The van der Waals surface area contributed by atoms with E-state index in [-0.39, 0.29) is 53.3 Å². The molecule has 15 heteroatoms. The van der Waals surface area contributed by atoms with Gasteiger partial charge >= 0.3 is 12.3 Å². The first-order valence-corrected chi connectivity index (χ1v) is 15.6. The van der Waals surface area contributed by atoms with E-state index < -0.39 is 47.1 Å². The molecule has 0 aliphatic heterocycles. The van der Waals surface area contributed by atoms with Gasteiger partial charge in [-0.2, -0.15) is 13.2 Å². The van der Waals surface area contributed by atoms with Crippen molar-refractivity contribution in [2.45, 2.75) is 39.0 Å². The number of likely N-dealkylation sites (N-methyl/N-ethyl adjacent to an activating group) is 1. The van der Waals surface area contributed by atoms with Crippen LogP contribution in [0.5, 0.6) is 5.88 Å². The predicted octanol–water partition coefficient (Wildman–Crippen LogP) is 8.06. The Bertz CT molecular complexity index is 1880. The van der Waals surface area contributed by atoms with Crippen LogP contribution in [0.25, 0.3) is 22.0 Å². The molecule has 0 aliphatic rings. The van der Waals surface area contributed by atoms with Crippen LogP contribution in [0.2, 0.25) is 5.02 Å². The largest absolute Gasteiger partial charge is 0.476 e. The summed E-state index contributed by atoms with van der Waals surface area (Å²) in [6, 6.07) is 9.44. The summed E-state index contributed by atoms with van der Waals surface area (Å²) in [6.45, 7) is 5.10. The van der Waals surface area contributed by atoms with Crippen LogP contribution in [-0.4, -0.2) is 82.3 Å². The van der Waals surface area contributed by atoms with Gasteiger partial charge in [0, 0.05) is 61.0 Å². The normalized spacial score (nSPS) is 12.6. The molecule has 0 saturated heterocycles. The van der Waals surface area contributed by atoms with E-state index in [0.29, 0.717) is 23.3 Å². The van der Waals surface area contributed by atoms with E-state index in [1.165, 1.54) is 40.3 Å². The van der Waals surface area contributed by atoms with Crippen molar-refractivity contribution in [2.24, 2.45) is 0 Å². The Morgan fingerprint density at radius 3 is 2.26 bits per heavy atom. The number of hydrogen-bond acceptors (Lipinski definition) is 6. The van der Waals surface area contributed by atoms with Gasteiger partial charge in [-0.3, -0.25) is 9.78 Å². The van der Waals surface area contributed by atoms with Crippen LogP contribution in [0.15, 0.2) is 67.1 Å². The fourth-order valence-electron chi connectivity index (χ4n) is 4.84. The van der Waals surface area contributed by atoms with Gasteiger partial charge in [-0.05, 0) is 38.5 Å². The van der Waals surface area contributed by atoms with E-state index in [2.05, 4.69) is 15.0 Å². The van der Waals surface area contributed by atoms with E-state index in [1.807, 2.05) is 0 Å². The lowest BCUT2D eigenvalue weighted by atomic mass is 9.90. The molecule has 1 N–H and O–H groups in total. The van der Waals surface area contributed by atoms with Crippen molar-refractivity contribution < 1.29 is 41.0 Å². The van der Waals surface area contributed by atoms with Gasteiger partial charge in [0.05, 0.1) is 41.6 Å². The SMILES string of the molecule is CN(C)C(=O)/C=C/CN(CCOc1ccc(/C(=C(/CC(F)(F)F)c2c(F)cncc2F)c2[nH]c3ccccc3c2Cl)cn1)C(=O)OC(C)(C)C. The molecule has 3 aromatic heterocycles. The summed E-state index contributed by atoms with van der Waals surface area (Å²) in [5.41, 5.74) is -2.14. The second kappa shape index (κ2) is 15.7. The summed E-state index contributed by atoms with van der Waals surface area (Å²) in [4.78, 5) is 38.1. The molecule has 0 saturated carbocycles. The molecule has 0 radical (unpaired) electrons. The molecule has 4 aromatic rings. The second-order valence-corrected chi connectivity index (χ2v) is 12.7. The molecule has 3 heterocycles. The number of carbonyl (C=O) groups is 2. The number of aromatic nitrogens is 3. The molecule has 50 heavy (non-hydrogen) atoms. The van der Waals surface area contributed by atoms with E-state index >= 15 is 8.78 Å². The number of carbonyl (C=O) groups excluding carboxylic acids is 2. The van der Waals surface area contributed by atoms with Gasteiger partial charge in [-0.1, -0.05) is 35.9 Å². The van der Waals surface area contributed by atoms with Crippen molar-refractivity contribution in [1.82, 2.24) is 24.8 Å². The number of benzene rings is 1. The molecule has 0 atom stereocenters. The van der Waals surface area contributed by atoms with Crippen molar-refractivity contribution in [2.75, 3.05) is 33.8 Å². The molecule has 0 unspecified atom stereocenters. The lowest BCUT2D eigenvalue weighted by molar-refractivity contribution is -0.124. The third-order valence-corrected chi connectivity index (χ3v) is 7.43. The number of allylic oxidation sites excluding steroid dienone is 1. The molecule has 266 valence electrons. The standard InChI is InChI=1S/C35H35ClF5N5O4/c1-34(2,3)50-33(48)46(14-8-11-28(47)45(4)5)15-16-49-27-13-12-21(18-43-27)29(32-31(36)22-9-6-7-10-26(22)44-32)23(17-35(39,40)41)30-24(37)19-42-20-25(30)38/h6-13,18-20,44H,14-17H2,1-5H3/b11-8+,29-23+. The molecule has 0 spiro atoms. The number of ether oxygens (including phenoxy) is 2. The minimum atomic E-state index is -4.88. The van der Waals surface area contributed by atoms with Gasteiger partial charge < -0.3 is 24.3 Å². The number of amides is 2. The highest BCUT2D eigenvalue weighted by Crippen LogP contribution is 2.44. The lowest BCUT2D eigenvalue weighted by Crippen LogP contribution is -2.39. The fraction of sp³-hybridized carbons (Fsp3) is 0.314. The zero-order chi connectivity index (χ0) is 36.8. The zero-order valence-corrected chi connectivity index (χ0v) is 28.6. The molecule has 0 fully saturated rings. The van der Waals surface area contributed by atoms with Gasteiger partial charge in [0.2, 0.25) is 11.8 Å². The average Bonchev–Trinajstić information content (AvgIpc) is 3.35. The Morgan fingerprint density at radius 2 is 1.68 bits per heavy atom. The number of nitrogens with one attached hydrogen (secondary N) is 1. The monoisotopic (exact) mass is 719 g/mol. The number of nitrogens with zero attached hydrogens (tertiary/aromatic N) is 4. The summed E-state index contributed by atoms with van der Waals surface area (Å²) in [5.74, 6) is -2.82. The summed E-state index contributed by atoms with van der Waals surface area (Å²) in [6.07, 6.45) is -1.96. The van der Waals surface area contributed by atoms with Crippen molar-refractivity contribution in [3.63, 3.8) is 0 Å². The number of alkyl halides is 3. The Balaban J connectivity index is 1.70. The van der Waals surface area contributed by atoms with Crippen LogP contribution < -0.4 is 4.74 Å². The maximum atomic E-state index is 15.1. The van der Waals surface area contributed by atoms with Crippen molar-refractivity contribution in [3.8, 4) is 5.88 Å². The van der Waals surface area contributed by atoms with E-state index in [0.717, 1.165) is 0 Å². The van der Waals surface area contributed by atoms with E-state index in [4.69, 9.17) is 21.1 Å². The fourth-order valence-corrected chi connectivity index (χ4v) is 5.15. The quantitative estimate of drug-likeness (QED) is 0.124. The van der Waals surface area contributed by atoms with Crippen LogP contribution in [0.1, 0.15) is 44.0 Å². The average molecular weight is 720 g/mol. The number of halogens is 6. The molecular weight excluding hydrogens is 685 g/mol. The van der Waals surface area contributed by atoms with Crippen LogP contribution in [0, 0.1) is 11.6 Å². The predicted molar refractivity (Wildman–Crippen MR) is 179 cm³/mol. The number of pyridine rings is 2. The number of fused-ring (bicyclic) bond motifs is 1.